The number of amides is 1. The van der Waals surface area contributed by atoms with E-state index in [1.165, 1.54) is 22.6 Å². The molecular weight excluding hydrogens is 426 g/mol. The number of fused-ring (bicyclic) bond motifs is 1. The van der Waals surface area contributed by atoms with Crippen LogP contribution in [0.3, 0.4) is 0 Å². The predicted octanol–water partition coefficient (Wildman–Crippen LogP) is 5.64. The molecule has 4 rings (SSSR count). The van der Waals surface area contributed by atoms with Gasteiger partial charge in [-0.15, -0.1) is 0 Å². The van der Waals surface area contributed by atoms with Gasteiger partial charge in [0.15, 0.2) is 0 Å². The van der Waals surface area contributed by atoms with Gasteiger partial charge in [0.05, 0.1) is 22.7 Å². The lowest BCUT2D eigenvalue weighted by atomic mass is 10.1. The fraction of sp³-hybridized carbons (Fsp3) is 0.0500. The number of carbonyl (C=O) groups is 1. The van der Waals surface area contributed by atoms with E-state index in [1.54, 1.807) is 30.5 Å². The van der Waals surface area contributed by atoms with Crippen LogP contribution in [0.2, 0.25) is 0 Å². The molecule has 0 unspecified atom stereocenters. The first-order valence-corrected chi connectivity index (χ1v) is 9.76. The van der Waals surface area contributed by atoms with Crippen molar-refractivity contribution in [1.82, 2.24) is 4.98 Å². The summed E-state index contributed by atoms with van der Waals surface area (Å²) in [6, 6.07) is 16.7. The van der Waals surface area contributed by atoms with Gasteiger partial charge in [-0.3, -0.25) is 4.79 Å². The normalized spacial score (nSPS) is 11.3. The number of thiazole rings is 1. The van der Waals surface area contributed by atoms with Gasteiger partial charge in [0.1, 0.15) is 5.76 Å². The van der Waals surface area contributed by atoms with E-state index in [0.717, 1.165) is 20.3 Å². The van der Waals surface area contributed by atoms with E-state index in [1.807, 2.05) is 37.3 Å². The molecule has 2 heterocycles. The number of hydrogen-bond acceptors (Lipinski definition) is 5. The Kier molecular flexibility index (Phi) is 4.87. The molecule has 134 valence electrons. The minimum atomic E-state index is -0.254. The maximum absolute atomic E-state index is 13.1. The van der Waals surface area contributed by atoms with E-state index in [2.05, 4.69) is 26.0 Å². The highest BCUT2D eigenvalue weighted by atomic mass is 79.9. The van der Waals surface area contributed by atoms with Crippen molar-refractivity contribution in [3.63, 3.8) is 0 Å². The first-order valence-electron chi connectivity index (χ1n) is 8.15. The highest BCUT2D eigenvalue weighted by Crippen LogP contribution is 2.32. The Morgan fingerprint density at radius 1 is 1.22 bits per heavy atom. The van der Waals surface area contributed by atoms with Gasteiger partial charge in [0.2, 0.25) is 5.13 Å². The Bertz CT molecular complexity index is 1120. The summed E-state index contributed by atoms with van der Waals surface area (Å²) in [4.78, 5) is 17.7. The molecule has 0 spiro atoms. The second kappa shape index (κ2) is 7.46. The second-order valence-corrected chi connectivity index (χ2v) is 7.78. The molecule has 0 aliphatic rings. The van der Waals surface area contributed by atoms with Gasteiger partial charge in [0.25, 0.3) is 5.91 Å². The van der Waals surface area contributed by atoms with Crippen molar-refractivity contribution in [3.05, 3.63) is 82.2 Å². The van der Waals surface area contributed by atoms with Crippen LogP contribution in [0, 0.1) is 6.92 Å². The number of nitrogens with zero attached hydrogens (tertiary/aromatic N) is 3. The molecule has 0 aliphatic heterocycles. The average molecular weight is 440 g/mol. The monoisotopic (exact) mass is 439 g/mol. The van der Waals surface area contributed by atoms with Crippen LogP contribution in [0.5, 0.6) is 0 Å². The second-order valence-electron chi connectivity index (χ2n) is 5.85. The Balaban J connectivity index is 1.76. The number of halogens is 1. The van der Waals surface area contributed by atoms with Gasteiger partial charge in [-0.25, -0.2) is 4.98 Å². The van der Waals surface area contributed by atoms with Crippen LogP contribution in [0.15, 0.2) is 74.9 Å². The summed E-state index contributed by atoms with van der Waals surface area (Å²) < 4.78 is 7.21. The van der Waals surface area contributed by atoms with Crippen molar-refractivity contribution in [2.24, 2.45) is 5.10 Å². The number of furan rings is 1. The van der Waals surface area contributed by atoms with E-state index < -0.39 is 0 Å². The van der Waals surface area contributed by atoms with Crippen LogP contribution in [-0.2, 0) is 0 Å². The van der Waals surface area contributed by atoms with E-state index in [-0.39, 0.29) is 5.91 Å². The van der Waals surface area contributed by atoms with Crippen LogP contribution < -0.4 is 5.01 Å². The Hall–Kier alpha value is -2.77. The third-order valence-electron chi connectivity index (χ3n) is 3.85. The molecule has 7 heteroatoms. The third kappa shape index (κ3) is 3.84. The number of anilines is 1. The minimum absolute atomic E-state index is 0.254. The molecule has 0 N–H and O–H groups in total. The zero-order valence-corrected chi connectivity index (χ0v) is 16.7. The molecule has 0 radical (unpaired) electrons. The summed E-state index contributed by atoms with van der Waals surface area (Å²) >= 11 is 4.87. The van der Waals surface area contributed by atoms with Gasteiger partial charge in [-0.1, -0.05) is 45.0 Å². The lowest BCUT2D eigenvalue weighted by Crippen LogP contribution is -2.25. The molecule has 5 nitrogen and oxygen atoms in total. The first-order chi connectivity index (χ1) is 13.1. The van der Waals surface area contributed by atoms with Crippen molar-refractivity contribution in [1.29, 1.82) is 0 Å². The first kappa shape index (κ1) is 17.6. The van der Waals surface area contributed by atoms with E-state index in [4.69, 9.17) is 4.42 Å². The van der Waals surface area contributed by atoms with Crippen molar-refractivity contribution in [3.8, 4) is 0 Å². The molecule has 1 amide bonds. The summed E-state index contributed by atoms with van der Waals surface area (Å²) in [6.07, 6.45) is 3.07. The molecule has 4 aromatic rings. The molecule has 0 atom stereocenters. The standard InChI is InChI=1S/C20H14BrN3O2S/c1-13-4-6-14(7-5-13)19(25)24(22-12-16-3-2-10-26-16)20-23-17-9-8-15(21)11-18(17)27-20/h2-12H,1H3/b22-12+. The van der Waals surface area contributed by atoms with Gasteiger partial charge in [-0.2, -0.15) is 10.1 Å². The molecule has 0 saturated heterocycles. The molecular formula is C20H14BrN3O2S. The van der Waals surface area contributed by atoms with Crippen molar-refractivity contribution in [2.75, 3.05) is 5.01 Å². The maximum Gasteiger partial charge on any atom is 0.280 e. The molecule has 2 aromatic carbocycles. The third-order valence-corrected chi connectivity index (χ3v) is 5.34. The SMILES string of the molecule is Cc1ccc(C(=O)N(/N=C/c2ccco2)c2nc3ccc(Br)cc3s2)cc1. The van der Waals surface area contributed by atoms with Gasteiger partial charge in [-0.05, 0) is 49.4 Å². The van der Waals surface area contributed by atoms with E-state index in [9.17, 15) is 4.79 Å². The molecule has 27 heavy (non-hydrogen) atoms. The van der Waals surface area contributed by atoms with Crippen LogP contribution >= 0.6 is 27.3 Å². The Labute approximate surface area is 168 Å². The number of rotatable bonds is 4. The van der Waals surface area contributed by atoms with Crippen LogP contribution in [-0.4, -0.2) is 17.1 Å². The predicted molar refractivity (Wildman–Crippen MR) is 112 cm³/mol. The maximum atomic E-state index is 13.1. The van der Waals surface area contributed by atoms with Crippen molar-refractivity contribution in [2.45, 2.75) is 6.92 Å². The quantitative estimate of drug-likeness (QED) is 0.305. The van der Waals surface area contributed by atoms with E-state index >= 15 is 0 Å². The highest BCUT2D eigenvalue weighted by Gasteiger charge is 2.21. The van der Waals surface area contributed by atoms with Gasteiger partial charge in [0, 0.05) is 10.0 Å². The fourth-order valence-corrected chi connectivity index (χ4v) is 3.94. The number of carbonyl (C=O) groups excluding carboxylic acids is 1. The van der Waals surface area contributed by atoms with Crippen LogP contribution in [0.25, 0.3) is 10.2 Å². The highest BCUT2D eigenvalue weighted by molar-refractivity contribution is 9.10. The van der Waals surface area contributed by atoms with Crippen molar-refractivity contribution < 1.29 is 9.21 Å². The number of aryl methyl sites for hydroxylation is 1. The summed E-state index contributed by atoms with van der Waals surface area (Å²) in [5, 5.41) is 6.16. The molecule has 0 saturated carbocycles. The van der Waals surface area contributed by atoms with Gasteiger partial charge >= 0.3 is 0 Å². The smallest absolute Gasteiger partial charge is 0.280 e. The largest absolute Gasteiger partial charge is 0.463 e. The van der Waals surface area contributed by atoms with Crippen LogP contribution in [0.4, 0.5) is 5.13 Å². The number of benzene rings is 2. The lowest BCUT2D eigenvalue weighted by molar-refractivity contribution is 0.0988. The van der Waals surface area contributed by atoms with Crippen LogP contribution in [0.1, 0.15) is 21.7 Å². The topological polar surface area (TPSA) is 58.7 Å². The summed E-state index contributed by atoms with van der Waals surface area (Å²) in [7, 11) is 0. The summed E-state index contributed by atoms with van der Waals surface area (Å²) in [5.41, 5.74) is 2.44. The molecule has 2 aromatic heterocycles. The summed E-state index contributed by atoms with van der Waals surface area (Å²) in [5.74, 6) is 0.302. The number of aromatic nitrogens is 1. The number of hydrazone groups is 1. The van der Waals surface area contributed by atoms with E-state index in [0.29, 0.717) is 16.5 Å². The Morgan fingerprint density at radius 3 is 2.78 bits per heavy atom. The fourth-order valence-electron chi connectivity index (χ4n) is 2.46. The minimum Gasteiger partial charge on any atom is -0.463 e. The van der Waals surface area contributed by atoms with Gasteiger partial charge < -0.3 is 4.42 Å². The Morgan fingerprint density at radius 2 is 2.04 bits per heavy atom. The molecule has 0 aliphatic carbocycles. The molecule has 0 bridgehead atoms. The zero-order valence-electron chi connectivity index (χ0n) is 14.3. The lowest BCUT2D eigenvalue weighted by Gasteiger charge is -2.13. The number of hydrogen-bond donors (Lipinski definition) is 0. The van der Waals surface area contributed by atoms with Crippen molar-refractivity contribution >= 4 is 54.7 Å². The summed E-state index contributed by atoms with van der Waals surface area (Å²) in [6.45, 7) is 1.98. The average Bonchev–Trinajstić information content (AvgIpc) is 3.31. The zero-order chi connectivity index (χ0) is 18.8. The molecule has 0 fully saturated rings.